The molecule has 0 radical (unpaired) electrons. The topological polar surface area (TPSA) is 43.4 Å². The van der Waals surface area contributed by atoms with Crippen LogP contribution >= 0.6 is 0 Å². The van der Waals surface area contributed by atoms with Crippen LogP contribution in [-0.4, -0.2) is 11.9 Å². The molecule has 0 saturated carbocycles. The van der Waals surface area contributed by atoms with Gasteiger partial charge in [0.25, 0.3) is 0 Å². The zero-order chi connectivity index (χ0) is 7.72. The Labute approximate surface area is 59.4 Å². The summed E-state index contributed by atoms with van der Waals surface area (Å²) >= 11 is 0. The van der Waals surface area contributed by atoms with E-state index in [2.05, 4.69) is 4.74 Å². The van der Waals surface area contributed by atoms with Gasteiger partial charge in [0.05, 0.1) is 11.8 Å². The van der Waals surface area contributed by atoms with Crippen molar-refractivity contribution >= 4 is 11.9 Å². The van der Waals surface area contributed by atoms with Gasteiger partial charge in [0.2, 0.25) is 0 Å². The van der Waals surface area contributed by atoms with E-state index in [0.29, 0.717) is 6.42 Å². The first-order chi connectivity index (χ1) is 4.66. The van der Waals surface area contributed by atoms with Gasteiger partial charge in [-0.2, -0.15) is 0 Å². The number of ether oxygens (including phenoxy) is 1. The summed E-state index contributed by atoms with van der Waals surface area (Å²) in [6.45, 7) is 3.60. The Balaban J connectivity index is 2.73. The lowest BCUT2D eigenvalue weighted by atomic mass is 9.95. The van der Waals surface area contributed by atoms with Crippen LogP contribution in [-0.2, 0) is 14.3 Å². The minimum atomic E-state index is -0.378. The molecule has 1 aliphatic heterocycles. The molecular formula is C7H10O3. The molecule has 0 aromatic carbocycles. The van der Waals surface area contributed by atoms with Crippen molar-refractivity contribution in [1.82, 2.24) is 0 Å². The molecule has 0 amide bonds. The van der Waals surface area contributed by atoms with Crippen molar-refractivity contribution in [3.8, 4) is 0 Å². The highest BCUT2D eigenvalue weighted by molar-refractivity contribution is 5.96. The second-order valence-corrected chi connectivity index (χ2v) is 2.54. The van der Waals surface area contributed by atoms with Gasteiger partial charge in [0, 0.05) is 0 Å². The van der Waals surface area contributed by atoms with Crippen molar-refractivity contribution in [2.75, 3.05) is 0 Å². The maximum Gasteiger partial charge on any atom is 0.317 e. The van der Waals surface area contributed by atoms with Gasteiger partial charge in [0.15, 0.2) is 0 Å². The summed E-state index contributed by atoms with van der Waals surface area (Å²) in [4.78, 5) is 21.5. The summed E-state index contributed by atoms with van der Waals surface area (Å²) < 4.78 is 4.40. The molecule has 1 fully saturated rings. The third kappa shape index (κ3) is 0.916. The largest absolute Gasteiger partial charge is 0.393 e. The standard InChI is InChI=1S/C7H10O3/c1-3-5-4(2)6(8)10-7(5)9/h4-5H,3H2,1-2H3/t4?,5-/m1/s1. The Bertz CT molecular complexity index is 174. The summed E-state index contributed by atoms with van der Waals surface area (Å²) in [6.07, 6.45) is 0.686. The van der Waals surface area contributed by atoms with Crippen LogP contribution in [0.1, 0.15) is 20.3 Å². The van der Waals surface area contributed by atoms with E-state index in [4.69, 9.17) is 0 Å². The Morgan fingerprint density at radius 2 is 2.00 bits per heavy atom. The molecule has 3 nitrogen and oxygen atoms in total. The van der Waals surface area contributed by atoms with E-state index in [1.165, 1.54) is 0 Å². The molecule has 0 aliphatic carbocycles. The van der Waals surface area contributed by atoms with Crippen LogP contribution in [0.4, 0.5) is 0 Å². The Morgan fingerprint density at radius 1 is 1.40 bits per heavy atom. The van der Waals surface area contributed by atoms with E-state index in [9.17, 15) is 9.59 Å². The van der Waals surface area contributed by atoms with Gasteiger partial charge in [-0.25, -0.2) is 0 Å². The Morgan fingerprint density at radius 3 is 2.20 bits per heavy atom. The molecule has 0 spiro atoms. The van der Waals surface area contributed by atoms with Gasteiger partial charge in [-0.1, -0.05) is 13.8 Å². The van der Waals surface area contributed by atoms with Crippen LogP contribution in [0, 0.1) is 11.8 Å². The SMILES string of the molecule is CC[C@H]1C(=O)OC(=O)C1C. The van der Waals surface area contributed by atoms with Gasteiger partial charge < -0.3 is 4.74 Å². The summed E-state index contributed by atoms with van der Waals surface area (Å²) in [5.41, 5.74) is 0. The highest BCUT2D eigenvalue weighted by Crippen LogP contribution is 2.25. The van der Waals surface area contributed by atoms with Crippen molar-refractivity contribution in [3.05, 3.63) is 0 Å². The average Bonchev–Trinajstić information content (AvgIpc) is 2.09. The van der Waals surface area contributed by atoms with Crippen LogP contribution in [0.3, 0.4) is 0 Å². The molecule has 1 heterocycles. The lowest BCUT2D eigenvalue weighted by Gasteiger charge is -2.02. The highest BCUT2D eigenvalue weighted by atomic mass is 16.6. The summed E-state index contributed by atoms with van der Waals surface area (Å²) in [7, 11) is 0. The predicted octanol–water partition coefficient (Wildman–Crippen LogP) is 0.732. The zero-order valence-electron chi connectivity index (χ0n) is 6.09. The first-order valence-electron chi connectivity index (χ1n) is 3.42. The molecule has 1 unspecified atom stereocenters. The quantitative estimate of drug-likeness (QED) is 0.400. The first-order valence-corrected chi connectivity index (χ1v) is 3.42. The second-order valence-electron chi connectivity index (χ2n) is 2.54. The molecule has 0 bridgehead atoms. The highest BCUT2D eigenvalue weighted by Gasteiger charge is 2.39. The molecule has 2 atom stereocenters. The molecule has 0 aromatic heterocycles. The first kappa shape index (κ1) is 7.25. The van der Waals surface area contributed by atoms with Gasteiger partial charge in [-0.15, -0.1) is 0 Å². The number of carbonyl (C=O) groups is 2. The number of hydrogen-bond donors (Lipinski definition) is 0. The summed E-state index contributed by atoms with van der Waals surface area (Å²) in [6, 6.07) is 0. The monoisotopic (exact) mass is 142 g/mol. The smallest absolute Gasteiger partial charge is 0.317 e. The van der Waals surface area contributed by atoms with Crippen LogP contribution in [0.5, 0.6) is 0 Å². The number of hydrogen-bond acceptors (Lipinski definition) is 3. The number of esters is 2. The van der Waals surface area contributed by atoms with Crippen molar-refractivity contribution in [3.63, 3.8) is 0 Å². The number of rotatable bonds is 1. The zero-order valence-corrected chi connectivity index (χ0v) is 6.09. The summed E-state index contributed by atoms with van der Waals surface area (Å²) in [5.74, 6) is -1.18. The third-order valence-electron chi connectivity index (χ3n) is 1.92. The van der Waals surface area contributed by atoms with Gasteiger partial charge in [-0.05, 0) is 6.42 Å². The lowest BCUT2D eigenvalue weighted by molar-refractivity contribution is -0.153. The number of carbonyl (C=O) groups excluding carboxylic acids is 2. The van der Waals surface area contributed by atoms with Crippen molar-refractivity contribution in [2.45, 2.75) is 20.3 Å². The van der Waals surface area contributed by atoms with Gasteiger partial charge >= 0.3 is 11.9 Å². The van der Waals surface area contributed by atoms with Crippen LogP contribution < -0.4 is 0 Å². The van der Waals surface area contributed by atoms with Gasteiger partial charge in [-0.3, -0.25) is 9.59 Å². The molecule has 0 aromatic rings. The molecule has 10 heavy (non-hydrogen) atoms. The third-order valence-corrected chi connectivity index (χ3v) is 1.92. The van der Waals surface area contributed by atoms with E-state index < -0.39 is 0 Å². The van der Waals surface area contributed by atoms with E-state index in [0.717, 1.165) is 0 Å². The van der Waals surface area contributed by atoms with E-state index in [1.807, 2.05) is 6.92 Å². The van der Waals surface area contributed by atoms with Crippen LogP contribution in [0.25, 0.3) is 0 Å². The Kier molecular flexibility index (Phi) is 1.74. The molecule has 3 heteroatoms. The molecule has 0 N–H and O–H groups in total. The van der Waals surface area contributed by atoms with Crippen molar-refractivity contribution in [2.24, 2.45) is 11.8 Å². The normalized spacial score (nSPS) is 32.6. The molecule has 1 aliphatic rings. The minimum Gasteiger partial charge on any atom is -0.393 e. The van der Waals surface area contributed by atoms with Crippen LogP contribution in [0.15, 0.2) is 0 Å². The van der Waals surface area contributed by atoms with E-state index >= 15 is 0 Å². The maximum absolute atomic E-state index is 10.8. The Hall–Kier alpha value is -0.860. The van der Waals surface area contributed by atoms with Gasteiger partial charge in [0.1, 0.15) is 0 Å². The van der Waals surface area contributed by atoms with E-state index in [-0.39, 0.29) is 23.8 Å². The van der Waals surface area contributed by atoms with E-state index in [1.54, 1.807) is 6.92 Å². The molecule has 1 rings (SSSR count). The predicted molar refractivity (Wildman–Crippen MR) is 34.0 cm³/mol. The van der Waals surface area contributed by atoms with Crippen molar-refractivity contribution < 1.29 is 14.3 Å². The fraction of sp³-hybridized carbons (Fsp3) is 0.714. The number of cyclic esters (lactones) is 2. The average molecular weight is 142 g/mol. The van der Waals surface area contributed by atoms with Crippen LogP contribution in [0.2, 0.25) is 0 Å². The fourth-order valence-corrected chi connectivity index (χ4v) is 1.16. The maximum atomic E-state index is 10.8. The lowest BCUT2D eigenvalue weighted by Crippen LogP contribution is -2.12. The van der Waals surface area contributed by atoms with Crippen molar-refractivity contribution in [1.29, 1.82) is 0 Å². The minimum absolute atomic E-state index is 0.201. The summed E-state index contributed by atoms with van der Waals surface area (Å²) in [5, 5.41) is 0. The fourth-order valence-electron chi connectivity index (χ4n) is 1.16. The molecule has 56 valence electrons. The molecular weight excluding hydrogens is 132 g/mol. The second kappa shape index (κ2) is 2.40. The molecule has 1 saturated heterocycles.